The Morgan fingerprint density at radius 1 is 1.27 bits per heavy atom. The molecule has 0 aliphatic carbocycles. The monoisotopic (exact) mass is 355 g/mol. The van der Waals surface area contributed by atoms with E-state index in [4.69, 9.17) is 4.42 Å². The molecule has 136 valence electrons. The van der Waals surface area contributed by atoms with Crippen molar-refractivity contribution in [2.45, 2.75) is 6.04 Å². The molecule has 3 heterocycles. The van der Waals surface area contributed by atoms with Crippen LogP contribution in [-0.2, 0) is 4.79 Å². The Bertz CT molecular complexity index is 807. The smallest absolute Gasteiger partial charge is 0.321 e. The van der Waals surface area contributed by atoms with Crippen LogP contribution in [0.1, 0.15) is 0 Å². The van der Waals surface area contributed by atoms with E-state index in [1.165, 1.54) is 6.39 Å². The summed E-state index contributed by atoms with van der Waals surface area (Å²) in [5.41, 5.74) is 1.52. The zero-order valence-electron chi connectivity index (χ0n) is 14.6. The molecular weight excluding hydrogens is 334 g/mol. The van der Waals surface area contributed by atoms with Crippen molar-refractivity contribution >= 4 is 17.6 Å². The Hall–Kier alpha value is -2.87. The first-order valence-corrected chi connectivity index (χ1v) is 8.66. The number of oxazole rings is 1. The summed E-state index contributed by atoms with van der Waals surface area (Å²) in [6.45, 7) is 3.35. The normalized spacial score (nSPS) is 20.8. The van der Waals surface area contributed by atoms with Crippen LogP contribution >= 0.6 is 0 Å². The van der Waals surface area contributed by atoms with Crippen LogP contribution in [0.5, 0.6) is 0 Å². The van der Waals surface area contributed by atoms with Crippen LogP contribution in [0.2, 0.25) is 0 Å². The minimum atomic E-state index is -0.242. The van der Waals surface area contributed by atoms with Crippen molar-refractivity contribution < 1.29 is 14.0 Å². The van der Waals surface area contributed by atoms with Crippen molar-refractivity contribution in [1.29, 1.82) is 0 Å². The van der Waals surface area contributed by atoms with Crippen molar-refractivity contribution in [2.24, 2.45) is 0 Å². The van der Waals surface area contributed by atoms with Gasteiger partial charge in [0.05, 0.1) is 6.20 Å². The molecule has 26 heavy (non-hydrogen) atoms. The standard InChI is InChI=1S/C18H21N5O3/c1-21-5-6-22-7-8-23(11-15(22)17(21)24)18(25)20-14-4-2-3-13(9-14)16-10-19-12-26-16/h2-4,9-10,12,15H,5-8,11H2,1H3,(H,20,25)/t15-/m0/s1. The fraction of sp³-hybridized carbons (Fsp3) is 0.389. The number of amides is 3. The van der Waals surface area contributed by atoms with Crippen LogP contribution in [0.3, 0.4) is 0 Å². The van der Waals surface area contributed by atoms with Crippen LogP contribution in [0.4, 0.5) is 10.5 Å². The highest BCUT2D eigenvalue weighted by Crippen LogP contribution is 2.23. The fourth-order valence-electron chi connectivity index (χ4n) is 3.46. The summed E-state index contributed by atoms with van der Waals surface area (Å²) in [6, 6.07) is 6.98. The van der Waals surface area contributed by atoms with Crippen molar-refractivity contribution in [1.82, 2.24) is 19.7 Å². The number of hydrogen-bond acceptors (Lipinski definition) is 5. The molecule has 2 aromatic rings. The Balaban J connectivity index is 1.44. The number of nitrogens with zero attached hydrogens (tertiary/aromatic N) is 4. The summed E-state index contributed by atoms with van der Waals surface area (Å²) in [7, 11) is 1.81. The predicted molar refractivity (Wildman–Crippen MR) is 95.5 cm³/mol. The number of urea groups is 1. The number of likely N-dealkylation sites (N-methyl/N-ethyl adjacent to an activating group) is 1. The second-order valence-corrected chi connectivity index (χ2v) is 6.63. The summed E-state index contributed by atoms with van der Waals surface area (Å²) in [6.07, 6.45) is 3.00. The molecule has 1 aromatic carbocycles. The van der Waals surface area contributed by atoms with Gasteiger partial charge in [-0.25, -0.2) is 9.78 Å². The average molecular weight is 355 g/mol. The summed E-state index contributed by atoms with van der Waals surface area (Å²) in [5.74, 6) is 0.728. The van der Waals surface area contributed by atoms with Gasteiger partial charge >= 0.3 is 6.03 Å². The number of rotatable bonds is 2. The molecule has 0 bridgehead atoms. The maximum atomic E-state index is 12.7. The minimum absolute atomic E-state index is 0.0843. The molecule has 0 saturated carbocycles. The third-order valence-corrected chi connectivity index (χ3v) is 4.99. The number of carbonyl (C=O) groups is 2. The average Bonchev–Trinajstić information content (AvgIpc) is 3.20. The number of fused-ring (bicyclic) bond motifs is 1. The Morgan fingerprint density at radius 3 is 2.92 bits per heavy atom. The summed E-state index contributed by atoms with van der Waals surface area (Å²) in [4.78, 5) is 34.6. The van der Waals surface area contributed by atoms with Gasteiger partial charge in [-0.15, -0.1) is 0 Å². The molecule has 1 aromatic heterocycles. The van der Waals surface area contributed by atoms with E-state index in [0.29, 0.717) is 24.5 Å². The van der Waals surface area contributed by atoms with Crippen molar-refractivity contribution in [2.75, 3.05) is 45.1 Å². The number of hydrogen-bond donors (Lipinski definition) is 1. The molecule has 3 amide bonds. The van der Waals surface area contributed by atoms with E-state index in [9.17, 15) is 9.59 Å². The minimum Gasteiger partial charge on any atom is -0.444 e. The lowest BCUT2D eigenvalue weighted by Crippen LogP contribution is -2.65. The molecule has 4 rings (SSSR count). The zero-order valence-corrected chi connectivity index (χ0v) is 14.6. The van der Waals surface area contributed by atoms with Gasteiger partial charge in [-0.2, -0.15) is 0 Å². The second kappa shape index (κ2) is 6.80. The third kappa shape index (κ3) is 3.15. The highest BCUT2D eigenvalue weighted by Gasteiger charge is 2.38. The number of benzene rings is 1. The predicted octanol–water partition coefficient (Wildman–Crippen LogP) is 1.33. The lowest BCUT2D eigenvalue weighted by molar-refractivity contribution is -0.142. The van der Waals surface area contributed by atoms with E-state index in [0.717, 1.165) is 25.2 Å². The summed E-state index contributed by atoms with van der Waals surface area (Å²) >= 11 is 0. The first kappa shape index (κ1) is 16.6. The van der Waals surface area contributed by atoms with Gasteiger partial charge < -0.3 is 19.5 Å². The van der Waals surface area contributed by atoms with E-state index in [1.54, 1.807) is 16.0 Å². The maximum Gasteiger partial charge on any atom is 0.321 e. The zero-order chi connectivity index (χ0) is 18.1. The van der Waals surface area contributed by atoms with E-state index in [-0.39, 0.29) is 18.0 Å². The molecule has 2 saturated heterocycles. The van der Waals surface area contributed by atoms with Gasteiger partial charge in [-0.3, -0.25) is 9.69 Å². The molecule has 1 atom stereocenters. The number of aromatic nitrogens is 1. The van der Waals surface area contributed by atoms with E-state index in [1.807, 2.05) is 31.3 Å². The topological polar surface area (TPSA) is 81.9 Å². The third-order valence-electron chi connectivity index (χ3n) is 4.99. The highest BCUT2D eigenvalue weighted by atomic mass is 16.3. The summed E-state index contributed by atoms with van der Waals surface area (Å²) < 4.78 is 5.30. The van der Waals surface area contributed by atoms with Crippen molar-refractivity contribution in [3.63, 3.8) is 0 Å². The van der Waals surface area contributed by atoms with E-state index in [2.05, 4.69) is 15.2 Å². The van der Waals surface area contributed by atoms with E-state index >= 15 is 0 Å². The van der Waals surface area contributed by atoms with Gasteiger partial charge in [-0.1, -0.05) is 12.1 Å². The van der Waals surface area contributed by atoms with Crippen molar-refractivity contribution in [3.8, 4) is 11.3 Å². The lowest BCUT2D eigenvalue weighted by atomic mass is 10.1. The molecule has 0 radical (unpaired) electrons. The Morgan fingerprint density at radius 2 is 2.12 bits per heavy atom. The van der Waals surface area contributed by atoms with Crippen LogP contribution in [0.25, 0.3) is 11.3 Å². The molecule has 2 aliphatic rings. The lowest BCUT2D eigenvalue weighted by Gasteiger charge is -2.45. The van der Waals surface area contributed by atoms with Gasteiger partial charge in [-0.05, 0) is 12.1 Å². The first-order valence-electron chi connectivity index (χ1n) is 8.66. The van der Waals surface area contributed by atoms with Gasteiger partial charge in [0.15, 0.2) is 12.2 Å². The van der Waals surface area contributed by atoms with Crippen molar-refractivity contribution in [3.05, 3.63) is 36.9 Å². The number of carbonyl (C=O) groups excluding carboxylic acids is 2. The second-order valence-electron chi connectivity index (χ2n) is 6.63. The van der Waals surface area contributed by atoms with Crippen LogP contribution < -0.4 is 5.32 Å². The molecule has 8 nitrogen and oxygen atoms in total. The molecule has 1 N–H and O–H groups in total. The largest absolute Gasteiger partial charge is 0.444 e. The maximum absolute atomic E-state index is 12.7. The number of nitrogens with one attached hydrogen (secondary N) is 1. The van der Waals surface area contributed by atoms with Gasteiger partial charge in [0.25, 0.3) is 0 Å². The Labute approximate surface area is 151 Å². The van der Waals surface area contributed by atoms with Gasteiger partial charge in [0, 0.05) is 51.0 Å². The highest BCUT2D eigenvalue weighted by molar-refractivity contribution is 5.91. The van der Waals surface area contributed by atoms with Gasteiger partial charge in [0.1, 0.15) is 6.04 Å². The molecular formula is C18H21N5O3. The fourth-order valence-corrected chi connectivity index (χ4v) is 3.46. The van der Waals surface area contributed by atoms with Crippen LogP contribution in [0.15, 0.2) is 41.3 Å². The Kier molecular flexibility index (Phi) is 4.34. The molecule has 8 heteroatoms. The number of piperazine rings is 2. The molecule has 0 spiro atoms. The first-order chi connectivity index (χ1) is 12.6. The summed E-state index contributed by atoms with van der Waals surface area (Å²) in [5, 5.41) is 2.92. The van der Waals surface area contributed by atoms with Crippen LogP contribution in [-0.4, -0.2) is 77.4 Å². The van der Waals surface area contributed by atoms with Gasteiger partial charge in [0.2, 0.25) is 5.91 Å². The SMILES string of the molecule is CN1CCN2CCN(C(=O)Nc3cccc(-c4cnco4)c3)C[C@H]2C1=O. The van der Waals surface area contributed by atoms with Crippen LogP contribution in [0, 0.1) is 0 Å². The molecule has 2 fully saturated rings. The molecule has 0 unspecified atom stereocenters. The molecule has 2 aliphatic heterocycles. The quantitative estimate of drug-likeness (QED) is 0.879. The van der Waals surface area contributed by atoms with E-state index < -0.39 is 0 Å². The number of anilines is 1.